The molecule has 5 N–H and O–H groups in total. The molecule has 0 aliphatic carbocycles. The summed E-state index contributed by atoms with van der Waals surface area (Å²) in [5.74, 6) is 1.02. The van der Waals surface area contributed by atoms with Crippen molar-refractivity contribution in [3.63, 3.8) is 0 Å². The third-order valence-electron chi connectivity index (χ3n) is 6.72. The number of rotatable bonds is 5. The molecule has 186 valence electrons. The van der Waals surface area contributed by atoms with E-state index in [1.54, 1.807) is 25.4 Å². The number of pyridine rings is 1. The molecule has 0 amide bonds. The molecule has 0 saturated carbocycles. The number of aromatic nitrogens is 6. The Hall–Kier alpha value is -4.41. The fourth-order valence-corrected chi connectivity index (χ4v) is 4.61. The minimum atomic E-state index is -1.35. The maximum atomic E-state index is 11.3. The summed E-state index contributed by atoms with van der Waals surface area (Å²) in [6.45, 7) is 5.48. The van der Waals surface area contributed by atoms with E-state index in [4.69, 9.17) is 10.7 Å². The Labute approximate surface area is 213 Å². The number of nitrogens with zero attached hydrogens (tertiary/aromatic N) is 6. The quantitative estimate of drug-likeness (QED) is 0.291. The standard InChI is InChI=1S/C27H27N9O/c1-27(37,18-5-3-2-4-6-18)22-13-20(34-26(28)35-22)19-15-31-25-24(19)33-21(16-32-25)17-7-8-23(30-14-17)36-11-9-29-10-12-36/h2-8,13-16,29,37H,9-12H2,1H3,(H,31,32)(H2,28,34,35). The molecule has 0 bridgehead atoms. The van der Waals surface area contributed by atoms with Gasteiger partial charge in [0.1, 0.15) is 16.9 Å². The molecule has 4 aromatic heterocycles. The van der Waals surface area contributed by atoms with E-state index in [1.807, 2.05) is 48.7 Å². The molecule has 1 atom stereocenters. The first-order valence-electron chi connectivity index (χ1n) is 12.2. The molecular weight excluding hydrogens is 466 g/mol. The van der Waals surface area contributed by atoms with Crippen LogP contribution in [0.15, 0.2) is 67.1 Å². The van der Waals surface area contributed by atoms with E-state index in [0.29, 0.717) is 39.4 Å². The molecule has 37 heavy (non-hydrogen) atoms. The number of nitrogen functional groups attached to an aromatic ring is 1. The van der Waals surface area contributed by atoms with Crippen LogP contribution in [0.1, 0.15) is 18.2 Å². The average Bonchev–Trinajstić information content (AvgIpc) is 3.37. The van der Waals surface area contributed by atoms with E-state index in [2.05, 4.69) is 35.1 Å². The molecule has 10 nitrogen and oxygen atoms in total. The third-order valence-corrected chi connectivity index (χ3v) is 6.72. The summed E-state index contributed by atoms with van der Waals surface area (Å²) in [6, 6.07) is 15.1. The van der Waals surface area contributed by atoms with Crippen molar-refractivity contribution >= 4 is 22.9 Å². The normalized spacial score (nSPS) is 15.6. The Morgan fingerprint density at radius 3 is 2.51 bits per heavy atom. The van der Waals surface area contributed by atoms with Gasteiger partial charge in [0.05, 0.1) is 23.3 Å². The summed E-state index contributed by atoms with van der Waals surface area (Å²) in [4.78, 5) is 28.3. The second-order valence-corrected chi connectivity index (χ2v) is 9.23. The van der Waals surface area contributed by atoms with Crippen LogP contribution in [0.5, 0.6) is 0 Å². The van der Waals surface area contributed by atoms with E-state index in [1.165, 1.54) is 0 Å². The highest BCUT2D eigenvalue weighted by molar-refractivity contribution is 5.90. The first-order valence-corrected chi connectivity index (χ1v) is 12.2. The topological polar surface area (TPSA) is 142 Å². The number of anilines is 2. The van der Waals surface area contributed by atoms with Crippen LogP contribution < -0.4 is 16.0 Å². The van der Waals surface area contributed by atoms with Gasteiger partial charge in [0.15, 0.2) is 5.65 Å². The first kappa shape index (κ1) is 23.0. The van der Waals surface area contributed by atoms with E-state index < -0.39 is 5.60 Å². The maximum Gasteiger partial charge on any atom is 0.220 e. The van der Waals surface area contributed by atoms with Gasteiger partial charge in [0.2, 0.25) is 5.95 Å². The highest BCUT2D eigenvalue weighted by Crippen LogP contribution is 2.33. The van der Waals surface area contributed by atoms with Crippen LogP contribution in [0.25, 0.3) is 33.7 Å². The SMILES string of the molecule is CC(O)(c1ccccc1)c1cc(-c2c[nH]c3ncc(-c4ccc(N5CCNCC5)nc4)nc23)nc(N)n1. The van der Waals surface area contributed by atoms with Crippen molar-refractivity contribution in [2.45, 2.75) is 12.5 Å². The number of hydrogen-bond donors (Lipinski definition) is 4. The number of H-pyrrole nitrogens is 1. The molecule has 1 fully saturated rings. The summed E-state index contributed by atoms with van der Waals surface area (Å²) in [5.41, 5.74) is 9.93. The largest absolute Gasteiger partial charge is 0.379 e. The van der Waals surface area contributed by atoms with E-state index in [9.17, 15) is 5.11 Å². The van der Waals surface area contributed by atoms with Gasteiger partial charge in [0, 0.05) is 49.7 Å². The van der Waals surface area contributed by atoms with Crippen molar-refractivity contribution in [1.29, 1.82) is 0 Å². The summed E-state index contributed by atoms with van der Waals surface area (Å²) in [7, 11) is 0. The highest BCUT2D eigenvalue weighted by Gasteiger charge is 2.29. The summed E-state index contributed by atoms with van der Waals surface area (Å²) in [5, 5.41) is 14.7. The Bertz CT molecular complexity index is 1540. The lowest BCUT2D eigenvalue weighted by Gasteiger charge is -2.28. The van der Waals surface area contributed by atoms with Crippen LogP contribution in [0.3, 0.4) is 0 Å². The van der Waals surface area contributed by atoms with Crippen LogP contribution in [0, 0.1) is 0 Å². The number of nitrogens with one attached hydrogen (secondary N) is 2. The monoisotopic (exact) mass is 493 g/mol. The zero-order chi connectivity index (χ0) is 25.4. The maximum absolute atomic E-state index is 11.3. The summed E-state index contributed by atoms with van der Waals surface area (Å²) < 4.78 is 0. The first-order chi connectivity index (χ1) is 18.0. The molecule has 1 saturated heterocycles. The zero-order valence-electron chi connectivity index (χ0n) is 20.4. The molecule has 10 heteroatoms. The van der Waals surface area contributed by atoms with Crippen LogP contribution in [0.4, 0.5) is 11.8 Å². The molecule has 0 radical (unpaired) electrons. The van der Waals surface area contributed by atoms with Gasteiger partial charge < -0.3 is 26.0 Å². The predicted octanol–water partition coefficient (Wildman–Crippen LogP) is 2.72. The molecule has 1 aliphatic heterocycles. The number of fused-ring (bicyclic) bond motifs is 1. The zero-order valence-corrected chi connectivity index (χ0v) is 20.4. The van der Waals surface area contributed by atoms with Crippen molar-refractivity contribution in [1.82, 2.24) is 35.2 Å². The van der Waals surface area contributed by atoms with Gasteiger partial charge in [-0.3, -0.25) is 0 Å². The van der Waals surface area contributed by atoms with E-state index in [0.717, 1.165) is 37.6 Å². The Balaban J connectivity index is 1.37. The van der Waals surface area contributed by atoms with Gasteiger partial charge in [-0.15, -0.1) is 0 Å². The van der Waals surface area contributed by atoms with Crippen LogP contribution in [-0.2, 0) is 5.60 Å². The van der Waals surface area contributed by atoms with Crippen LogP contribution in [-0.4, -0.2) is 61.2 Å². The van der Waals surface area contributed by atoms with E-state index in [-0.39, 0.29) is 5.95 Å². The lowest BCUT2D eigenvalue weighted by atomic mass is 9.91. The van der Waals surface area contributed by atoms with Crippen molar-refractivity contribution in [3.8, 4) is 22.5 Å². The number of nitrogens with two attached hydrogens (primary N) is 1. The summed E-state index contributed by atoms with van der Waals surface area (Å²) in [6.07, 6.45) is 5.35. The Morgan fingerprint density at radius 2 is 1.76 bits per heavy atom. The number of benzene rings is 1. The highest BCUT2D eigenvalue weighted by atomic mass is 16.3. The molecule has 0 spiro atoms. The average molecular weight is 494 g/mol. The van der Waals surface area contributed by atoms with Crippen LogP contribution in [0.2, 0.25) is 0 Å². The van der Waals surface area contributed by atoms with Gasteiger partial charge in [-0.25, -0.2) is 24.9 Å². The number of hydrogen-bond acceptors (Lipinski definition) is 9. The fraction of sp³-hybridized carbons (Fsp3) is 0.222. The fourth-order valence-electron chi connectivity index (χ4n) is 4.61. The number of aromatic amines is 1. The molecule has 1 aliphatic rings. The van der Waals surface area contributed by atoms with Gasteiger partial charge in [-0.1, -0.05) is 30.3 Å². The lowest BCUT2D eigenvalue weighted by Crippen LogP contribution is -2.43. The van der Waals surface area contributed by atoms with E-state index >= 15 is 0 Å². The molecule has 5 heterocycles. The molecule has 6 rings (SSSR count). The van der Waals surface area contributed by atoms with Gasteiger partial charge in [-0.2, -0.15) is 0 Å². The van der Waals surface area contributed by atoms with Crippen molar-refractivity contribution in [3.05, 3.63) is 78.4 Å². The van der Waals surface area contributed by atoms with Gasteiger partial charge in [-0.05, 0) is 30.7 Å². The molecular formula is C27H27N9O. The predicted molar refractivity (Wildman–Crippen MR) is 143 cm³/mol. The number of piperazine rings is 1. The van der Waals surface area contributed by atoms with Crippen molar-refractivity contribution in [2.24, 2.45) is 0 Å². The molecule has 1 aromatic carbocycles. The van der Waals surface area contributed by atoms with Crippen molar-refractivity contribution in [2.75, 3.05) is 36.8 Å². The second kappa shape index (κ2) is 9.23. The Kier molecular flexibility index (Phi) is 5.74. The van der Waals surface area contributed by atoms with Gasteiger partial charge >= 0.3 is 0 Å². The number of aliphatic hydroxyl groups is 1. The molecule has 5 aromatic rings. The lowest BCUT2D eigenvalue weighted by molar-refractivity contribution is 0.0975. The smallest absolute Gasteiger partial charge is 0.220 e. The van der Waals surface area contributed by atoms with Crippen LogP contribution >= 0.6 is 0 Å². The minimum absolute atomic E-state index is 0.0647. The Morgan fingerprint density at radius 1 is 0.946 bits per heavy atom. The second-order valence-electron chi connectivity index (χ2n) is 9.23. The van der Waals surface area contributed by atoms with Gasteiger partial charge in [0.25, 0.3) is 0 Å². The minimum Gasteiger partial charge on any atom is -0.379 e. The third kappa shape index (κ3) is 4.37. The molecule has 1 unspecified atom stereocenters. The van der Waals surface area contributed by atoms with Crippen molar-refractivity contribution < 1.29 is 5.11 Å². The summed E-state index contributed by atoms with van der Waals surface area (Å²) >= 11 is 0.